The van der Waals surface area contributed by atoms with E-state index in [0.29, 0.717) is 0 Å². The third-order valence-corrected chi connectivity index (χ3v) is 6.75. The van der Waals surface area contributed by atoms with Crippen LogP contribution in [0.25, 0.3) is 0 Å². The van der Waals surface area contributed by atoms with Crippen LogP contribution in [0.2, 0.25) is 0 Å². The summed E-state index contributed by atoms with van der Waals surface area (Å²) in [6, 6.07) is 5.73. The van der Waals surface area contributed by atoms with Crippen molar-refractivity contribution >= 4 is 21.4 Å². The van der Waals surface area contributed by atoms with Gasteiger partial charge in [-0.2, -0.15) is 13.2 Å². The van der Waals surface area contributed by atoms with Gasteiger partial charge >= 0.3 is 6.18 Å². The Bertz CT molecular complexity index is 1540. The second-order valence-corrected chi connectivity index (χ2v) is 10.5. The Balaban J connectivity index is 1.79. The van der Waals surface area contributed by atoms with Crippen LogP contribution in [0.4, 0.5) is 27.6 Å². The highest BCUT2D eigenvalue weighted by atomic mass is 32.2. The summed E-state index contributed by atoms with van der Waals surface area (Å²) >= 11 is 0. The van der Waals surface area contributed by atoms with Gasteiger partial charge in [-0.1, -0.05) is 6.07 Å². The van der Waals surface area contributed by atoms with Crippen LogP contribution < -0.4 is 14.8 Å². The average molecular weight is 558 g/mol. The number of anilines is 1. The van der Waals surface area contributed by atoms with E-state index in [1.165, 1.54) is 18.2 Å². The summed E-state index contributed by atoms with van der Waals surface area (Å²) in [4.78, 5) is 16.9. The molecule has 1 aliphatic carbocycles. The molecule has 1 N–H and O–H groups in total. The Labute approximate surface area is 212 Å². The van der Waals surface area contributed by atoms with Gasteiger partial charge in [0.25, 0.3) is 17.7 Å². The van der Waals surface area contributed by atoms with Crippen molar-refractivity contribution < 1.29 is 44.6 Å². The first-order chi connectivity index (χ1) is 17.6. The van der Waals surface area contributed by atoms with Crippen LogP contribution in [0.5, 0.6) is 17.5 Å². The predicted molar refractivity (Wildman–Crippen MR) is 122 cm³/mol. The Morgan fingerprint density at radius 3 is 2.39 bits per heavy atom. The fraction of sp³-hybridized carbons (Fsp3) is 0.304. The van der Waals surface area contributed by atoms with Crippen LogP contribution in [0.3, 0.4) is 0 Å². The summed E-state index contributed by atoms with van der Waals surface area (Å²) in [5.41, 5.74) is -5.13. The lowest BCUT2D eigenvalue weighted by molar-refractivity contribution is -0.142. The van der Waals surface area contributed by atoms with Gasteiger partial charge in [-0.25, -0.2) is 22.2 Å². The largest absolute Gasteiger partial charge is 0.478 e. The molecule has 202 valence electrons. The number of benzene rings is 1. The maximum atomic E-state index is 14.9. The van der Waals surface area contributed by atoms with Crippen molar-refractivity contribution in [2.75, 3.05) is 18.7 Å². The molecule has 0 atom stereocenters. The number of alkyl halides is 4. The number of carbonyl (C=O) groups is 1. The number of ether oxygens (including phenoxy) is 2. The number of nitrogens with one attached hydrogen (secondary N) is 1. The molecular weight excluding hydrogens is 539 g/mol. The van der Waals surface area contributed by atoms with Crippen molar-refractivity contribution in [1.29, 1.82) is 0 Å². The number of sulfone groups is 1. The van der Waals surface area contributed by atoms with Crippen LogP contribution in [-0.2, 0) is 21.7 Å². The predicted octanol–water partition coefficient (Wildman–Crippen LogP) is 4.75. The first-order valence-corrected chi connectivity index (χ1v) is 12.7. The molecular formula is C23H19F5N4O5S. The van der Waals surface area contributed by atoms with Gasteiger partial charge in [0, 0.05) is 18.0 Å². The topological polar surface area (TPSA) is 120 Å². The Morgan fingerprint density at radius 1 is 1.13 bits per heavy atom. The minimum Gasteiger partial charge on any atom is -0.478 e. The van der Waals surface area contributed by atoms with Crippen LogP contribution >= 0.6 is 0 Å². The SMILES string of the molecule is COc1nc(C2(F)CC2)cc(F)c1Oc1nnc(C(F)(F)F)c(C)c1C(=O)Nc1cccc(S(C)(=O)=O)c1. The van der Waals surface area contributed by atoms with Crippen molar-refractivity contribution in [1.82, 2.24) is 15.2 Å². The van der Waals surface area contributed by atoms with Gasteiger partial charge in [-0.15, -0.1) is 10.2 Å². The second-order valence-electron chi connectivity index (χ2n) is 8.50. The molecule has 0 saturated heterocycles. The van der Waals surface area contributed by atoms with Crippen LogP contribution in [0.1, 0.15) is 40.2 Å². The van der Waals surface area contributed by atoms with E-state index in [1.54, 1.807) is 0 Å². The summed E-state index contributed by atoms with van der Waals surface area (Å²) in [5.74, 6) is -4.48. The minimum absolute atomic E-state index is 0.0684. The number of methoxy groups -OCH3 is 1. The molecule has 1 saturated carbocycles. The highest BCUT2D eigenvalue weighted by Crippen LogP contribution is 2.50. The summed E-state index contributed by atoms with van der Waals surface area (Å²) < 4.78 is 104. The lowest BCUT2D eigenvalue weighted by atomic mass is 10.1. The molecule has 0 aliphatic heterocycles. The normalized spacial score (nSPS) is 14.6. The summed E-state index contributed by atoms with van der Waals surface area (Å²) in [6.45, 7) is 0.932. The zero-order valence-electron chi connectivity index (χ0n) is 20.0. The molecule has 3 aromatic rings. The summed E-state index contributed by atoms with van der Waals surface area (Å²) in [7, 11) is -2.58. The molecule has 15 heteroatoms. The van der Waals surface area contributed by atoms with Crippen LogP contribution in [0.15, 0.2) is 35.2 Å². The lowest BCUT2D eigenvalue weighted by Crippen LogP contribution is -2.21. The average Bonchev–Trinajstić information content (AvgIpc) is 3.57. The van der Waals surface area contributed by atoms with E-state index in [0.717, 1.165) is 32.4 Å². The molecule has 2 heterocycles. The van der Waals surface area contributed by atoms with E-state index in [9.17, 15) is 35.2 Å². The molecule has 4 rings (SSSR count). The third-order valence-electron chi connectivity index (χ3n) is 5.64. The number of nitrogens with zero attached hydrogens (tertiary/aromatic N) is 3. The Kier molecular flexibility index (Phi) is 6.76. The van der Waals surface area contributed by atoms with Gasteiger partial charge < -0.3 is 14.8 Å². The molecule has 1 amide bonds. The first kappa shape index (κ1) is 27.2. The van der Waals surface area contributed by atoms with E-state index >= 15 is 0 Å². The molecule has 1 fully saturated rings. The van der Waals surface area contributed by atoms with Crippen molar-refractivity contribution in [2.24, 2.45) is 0 Å². The minimum atomic E-state index is -5.01. The maximum absolute atomic E-state index is 14.9. The van der Waals surface area contributed by atoms with E-state index in [1.807, 2.05) is 0 Å². The maximum Gasteiger partial charge on any atom is 0.435 e. The quantitative estimate of drug-likeness (QED) is 0.413. The highest BCUT2D eigenvalue weighted by Gasteiger charge is 2.47. The Hall–Kier alpha value is -3.88. The number of hydrogen-bond donors (Lipinski definition) is 1. The number of pyridine rings is 1. The molecule has 0 radical (unpaired) electrons. The van der Waals surface area contributed by atoms with Gasteiger partial charge in [0.15, 0.2) is 27.0 Å². The van der Waals surface area contributed by atoms with Gasteiger partial charge in [-0.05, 0) is 43.5 Å². The third kappa shape index (κ3) is 5.37. The first-order valence-electron chi connectivity index (χ1n) is 10.8. The lowest BCUT2D eigenvalue weighted by Gasteiger charge is -2.17. The number of halogens is 5. The highest BCUT2D eigenvalue weighted by molar-refractivity contribution is 7.90. The van der Waals surface area contributed by atoms with E-state index in [-0.39, 0.29) is 29.1 Å². The molecule has 2 aromatic heterocycles. The zero-order valence-corrected chi connectivity index (χ0v) is 20.8. The zero-order chi connectivity index (χ0) is 28.0. The molecule has 0 unspecified atom stereocenters. The molecule has 9 nitrogen and oxygen atoms in total. The molecule has 1 aliphatic rings. The fourth-order valence-electron chi connectivity index (χ4n) is 3.51. The van der Waals surface area contributed by atoms with Crippen molar-refractivity contribution in [2.45, 2.75) is 36.5 Å². The van der Waals surface area contributed by atoms with Crippen molar-refractivity contribution in [3.8, 4) is 17.5 Å². The van der Waals surface area contributed by atoms with Crippen molar-refractivity contribution in [3.05, 3.63) is 58.7 Å². The second kappa shape index (κ2) is 9.45. The number of hydrogen-bond acceptors (Lipinski definition) is 8. The standard InChI is InChI=1S/C23H19F5N4O5S/c1-11-16(19(33)29-12-5-4-6-13(9-12)38(3,34)35)20(32-31-18(11)23(26,27)28)37-17-14(24)10-15(22(25)7-8-22)30-21(17)36-2/h4-6,9-10H,7-8H2,1-3H3,(H,29,33). The summed E-state index contributed by atoms with van der Waals surface area (Å²) in [6.07, 6.45) is -3.83. The fourth-order valence-corrected chi connectivity index (χ4v) is 4.18. The Morgan fingerprint density at radius 2 is 1.82 bits per heavy atom. The van der Waals surface area contributed by atoms with Gasteiger partial charge in [0.2, 0.25) is 5.75 Å². The number of aromatic nitrogens is 3. The number of carbonyl (C=O) groups excluding carboxylic acids is 1. The van der Waals surface area contributed by atoms with Crippen LogP contribution in [-0.4, -0.2) is 42.9 Å². The summed E-state index contributed by atoms with van der Waals surface area (Å²) in [5, 5.41) is 8.73. The number of amides is 1. The van der Waals surface area contributed by atoms with Gasteiger partial charge in [0.05, 0.1) is 17.7 Å². The van der Waals surface area contributed by atoms with Crippen molar-refractivity contribution in [3.63, 3.8) is 0 Å². The van der Waals surface area contributed by atoms with Crippen LogP contribution in [0, 0.1) is 12.7 Å². The van der Waals surface area contributed by atoms with Gasteiger partial charge in [0.1, 0.15) is 5.56 Å². The number of rotatable bonds is 7. The van der Waals surface area contributed by atoms with E-state index < -0.39 is 67.7 Å². The monoisotopic (exact) mass is 558 g/mol. The molecule has 1 aromatic carbocycles. The smallest absolute Gasteiger partial charge is 0.435 e. The molecule has 38 heavy (non-hydrogen) atoms. The van der Waals surface area contributed by atoms with E-state index in [2.05, 4.69) is 20.5 Å². The molecule has 0 spiro atoms. The molecule has 0 bridgehead atoms. The van der Waals surface area contributed by atoms with Gasteiger partial charge in [-0.3, -0.25) is 4.79 Å². The van der Waals surface area contributed by atoms with E-state index in [4.69, 9.17) is 9.47 Å².